The van der Waals surface area contributed by atoms with E-state index in [9.17, 15) is 4.79 Å². The minimum atomic E-state index is -0.314. The predicted octanol–water partition coefficient (Wildman–Crippen LogP) is 3.05. The smallest absolute Gasteiger partial charge is 0.225 e. The highest BCUT2D eigenvalue weighted by atomic mass is 32.1. The molecule has 0 aliphatic carbocycles. The number of hydrogen-bond donors (Lipinski definition) is 1. The third-order valence-corrected chi connectivity index (χ3v) is 4.56. The molecule has 1 aromatic heterocycles. The molecule has 0 aromatic carbocycles. The first-order chi connectivity index (χ1) is 8.98. The minimum absolute atomic E-state index is 0.133. The van der Waals surface area contributed by atoms with Crippen molar-refractivity contribution in [1.82, 2.24) is 10.2 Å². The summed E-state index contributed by atoms with van der Waals surface area (Å²) in [5.74, 6) is 0.133. The fourth-order valence-corrected chi connectivity index (χ4v) is 3.26. The van der Waals surface area contributed by atoms with Gasteiger partial charge in [0.1, 0.15) is 0 Å². The van der Waals surface area contributed by atoms with Crippen molar-refractivity contribution in [1.29, 1.82) is 0 Å². The molecule has 1 fully saturated rings. The van der Waals surface area contributed by atoms with Crippen molar-refractivity contribution >= 4 is 17.2 Å². The fourth-order valence-electron chi connectivity index (χ4n) is 2.40. The average Bonchev–Trinajstić information content (AvgIpc) is 3.00. The van der Waals surface area contributed by atoms with E-state index in [-0.39, 0.29) is 11.3 Å². The number of rotatable bonds is 4. The molecule has 0 saturated carbocycles. The molecule has 2 heterocycles. The molecule has 2 rings (SSSR count). The summed E-state index contributed by atoms with van der Waals surface area (Å²) < 4.78 is 0. The maximum absolute atomic E-state index is 12.0. The number of nitrogens with one attached hydrogen (secondary N) is 1. The van der Waals surface area contributed by atoms with Crippen LogP contribution in [0.2, 0.25) is 0 Å². The molecule has 19 heavy (non-hydrogen) atoms. The summed E-state index contributed by atoms with van der Waals surface area (Å²) in [5.41, 5.74) is -0.314. The van der Waals surface area contributed by atoms with Gasteiger partial charge >= 0.3 is 0 Å². The molecule has 106 valence electrons. The van der Waals surface area contributed by atoms with Crippen molar-refractivity contribution in [2.24, 2.45) is 5.41 Å². The molecule has 1 saturated heterocycles. The van der Waals surface area contributed by atoms with E-state index in [1.54, 1.807) is 11.3 Å². The van der Waals surface area contributed by atoms with Crippen molar-refractivity contribution < 1.29 is 4.79 Å². The Bertz CT molecular complexity index is 402. The number of amides is 1. The molecule has 3 nitrogen and oxygen atoms in total. The van der Waals surface area contributed by atoms with Gasteiger partial charge in [-0.3, -0.25) is 9.69 Å². The average molecular weight is 280 g/mol. The third-order valence-electron chi connectivity index (χ3n) is 3.59. The van der Waals surface area contributed by atoms with Crippen LogP contribution >= 0.6 is 11.3 Å². The highest BCUT2D eigenvalue weighted by molar-refractivity contribution is 7.10. The number of likely N-dealkylation sites (tertiary alicyclic amines) is 1. The molecular weight excluding hydrogens is 256 g/mol. The Kier molecular flexibility index (Phi) is 4.63. The van der Waals surface area contributed by atoms with Gasteiger partial charge < -0.3 is 5.32 Å². The summed E-state index contributed by atoms with van der Waals surface area (Å²) in [6.45, 7) is 8.88. The number of carbonyl (C=O) groups is 1. The fraction of sp³-hybridized carbons (Fsp3) is 0.667. The van der Waals surface area contributed by atoms with Crippen molar-refractivity contribution in [2.45, 2.75) is 39.7 Å². The Morgan fingerprint density at radius 3 is 2.63 bits per heavy atom. The number of thiophene rings is 1. The Hall–Kier alpha value is -0.870. The summed E-state index contributed by atoms with van der Waals surface area (Å²) in [4.78, 5) is 15.9. The predicted molar refractivity (Wildman–Crippen MR) is 80.3 cm³/mol. The van der Waals surface area contributed by atoms with E-state index in [1.807, 2.05) is 20.8 Å². The van der Waals surface area contributed by atoms with Crippen molar-refractivity contribution in [3.63, 3.8) is 0 Å². The van der Waals surface area contributed by atoms with Crippen LogP contribution in [-0.2, 0) is 4.79 Å². The van der Waals surface area contributed by atoms with Gasteiger partial charge in [-0.25, -0.2) is 0 Å². The molecule has 1 unspecified atom stereocenters. The first-order valence-electron chi connectivity index (χ1n) is 7.04. The Balaban J connectivity index is 2.00. The zero-order valence-corrected chi connectivity index (χ0v) is 12.9. The van der Waals surface area contributed by atoms with E-state index >= 15 is 0 Å². The molecule has 0 spiro atoms. The topological polar surface area (TPSA) is 32.3 Å². The molecule has 1 aromatic rings. The quantitative estimate of drug-likeness (QED) is 0.919. The van der Waals surface area contributed by atoms with E-state index < -0.39 is 0 Å². The molecule has 0 radical (unpaired) electrons. The van der Waals surface area contributed by atoms with Gasteiger partial charge in [0, 0.05) is 16.8 Å². The molecule has 1 atom stereocenters. The van der Waals surface area contributed by atoms with Crippen molar-refractivity contribution in [3.8, 4) is 0 Å². The van der Waals surface area contributed by atoms with Gasteiger partial charge in [-0.05, 0) is 37.4 Å². The van der Waals surface area contributed by atoms with Gasteiger partial charge in [0.25, 0.3) is 0 Å². The van der Waals surface area contributed by atoms with E-state index in [0.29, 0.717) is 6.04 Å². The van der Waals surface area contributed by atoms with Gasteiger partial charge in [0.2, 0.25) is 5.91 Å². The van der Waals surface area contributed by atoms with E-state index in [4.69, 9.17) is 0 Å². The first-order valence-corrected chi connectivity index (χ1v) is 7.92. The third kappa shape index (κ3) is 3.80. The second-order valence-corrected chi connectivity index (χ2v) is 7.21. The van der Waals surface area contributed by atoms with Gasteiger partial charge in [0.15, 0.2) is 0 Å². The number of hydrogen-bond acceptors (Lipinski definition) is 3. The normalized spacial score (nSPS) is 18.5. The summed E-state index contributed by atoms with van der Waals surface area (Å²) in [6, 6.07) is 4.61. The lowest BCUT2D eigenvalue weighted by Gasteiger charge is -2.28. The molecule has 1 amide bonds. The largest absolute Gasteiger partial charge is 0.354 e. The highest BCUT2D eigenvalue weighted by Gasteiger charge is 2.27. The number of carbonyl (C=O) groups excluding carboxylic acids is 1. The second kappa shape index (κ2) is 6.06. The van der Waals surface area contributed by atoms with Gasteiger partial charge in [-0.1, -0.05) is 26.8 Å². The van der Waals surface area contributed by atoms with Crippen LogP contribution in [0.4, 0.5) is 0 Å². The summed E-state index contributed by atoms with van der Waals surface area (Å²) in [7, 11) is 0. The summed E-state index contributed by atoms with van der Waals surface area (Å²) in [6.07, 6.45) is 2.55. The van der Waals surface area contributed by atoms with Crippen molar-refractivity contribution in [3.05, 3.63) is 22.4 Å². The zero-order chi connectivity index (χ0) is 13.9. The van der Waals surface area contributed by atoms with Gasteiger partial charge in [0.05, 0.1) is 6.04 Å². The van der Waals surface area contributed by atoms with Crippen LogP contribution in [0.15, 0.2) is 17.5 Å². The first kappa shape index (κ1) is 14.5. The Morgan fingerprint density at radius 2 is 2.11 bits per heavy atom. The minimum Gasteiger partial charge on any atom is -0.354 e. The van der Waals surface area contributed by atoms with Crippen LogP contribution in [0.25, 0.3) is 0 Å². The maximum atomic E-state index is 12.0. The van der Waals surface area contributed by atoms with Crippen LogP contribution in [-0.4, -0.2) is 30.4 Å². The second-order valence-electron chi connectivity index (χ2n) is 6.23. The SMILES string of the molecule is CC(C)(C)C(=O)NCC(c1cccs1)N1CCCC1. The molecule has 4 heteroatoms. The van der Waals surface area contributed by atoms with Gasteiger partial charge in [-0.2, -0.15) is 0 Å². The van der Waals surface area contributed by atoms with Gasteiger partial charge in [-0.15, -0.1) is 11.3 Å². The maximum Gasteiger partial charge on any atom is 0.225 e. The van der Waals surface area contributed by atoms with Crippen molar-refractivity contribution in [2.75, 3.05) is 19.6 Å². The molecule has 1 aliphatic heterocycles. The van der Waals surface area contributed by atoms with Crippen LogP contribution in [0, 0.1) is 5.41 Å². The molecule has 0 bridgehead atoms. The number of nitrogens with zero attached hydrogens (tertiary/aromatic N) is 1. The molecular formula is C15H24N2OS. The van der Waals surface area contributed by atoms with Crippen LogP contribution in [0.5, 0.6) is 0 Å². The van der Waals surface area contributed by atoms with E-state index in [1.165, 1.54) is 17.7 Å². The van der Waals surface area contributed by atoms with E-state index in [2.05, 4.69) is 27.7 Å². The monoisotopic (exact) mass is 280 g/mol. The Morgan fingerprint density at radius 1 is 1.42 bits per heavy atom. The van der Waals surface area contributed by atoms with Crippen LogP contribution in [0.3, 0.4) is 0 Å². The lowest BCUT2D eigenvalue weighted by Crippen LogP contribution is -2.41. The molecule has 1 N–H and O–H groups in total. The molecule has 1 aliphatic rings. The standard InChI is InChI=1S/C15H24N2OS/c1-15(2,3)14(18)16-11-12(13-7-6-10-19-13)17-8-4-5-9-17/h6-7,10,12H,4-5,8-9,11H2,1-3H3,(H,16,18). The lowest BCUT2D eigenvalue weighted by atomic mass is 9.95. The van der Waals surface area contributed by atoms with Crippen LogP contribution < -0.4 is 5.32 Å². The Labute approximate surface area is 120 Å². The summed E-state index contributed by atoms with van der Waals surface area (Å²) >= 11 is 1.78. The zero-order valence-electron chi connectivity index (χ0n) is 12.1. The van der Waals surface area contributed by atoms with Crippen LogP contribution in [0.1, 0.15) is 44.5 Å². The highest BCUT2D eigenvalue weighted by Crippen LogP contribution is 2.28. The van der Waals surface area contributed by atoms with E-state index in [0.717, 1.165) is 19.6 Å². The summed E-state index contributed by atoms with van der Waals surface area (Å²) in [5, 5.41) is 5.23. The lowest BCUT2D eigenvalue weighted by molar-refractivity contribution is -0.128.